The lowest BCUT2D eigenvalue weighted by Gasteiger charge is -2.13. The van der Waals surface area contributed by atoms with Crippen LogP contribution in [0.25, 0.3) is 0 Å². The fourth-order valence-electron chi connectivity index (χ4n) is 2.63. The number of carbonyl (C=O) groups is 3. The van der Waals surface area contributed by atoms with E-state index >= 15 is 0 Å². The molecule has 2 aromatic rings. The van der Waals surface area contributed by atoms with Gasteiger partial charge in [-0.2, -0.15) is 0 Å². The smallest absolute Gasteiger partial charge is 0.338 e. The molecule has 24 heavy (non-hydrogen) atoms. The van der Waals surface area contributed by atoms with Crippen LogP contribution in [-0.2, 0) is 11.2 Å². The highest BCUT2D eigenvalue weighted by Gasteiger charge is 2.34. The summed E-state index contributed by atoms with van der Waals surface area (Å²) >= 11 is 0. The second-order valence-corrected chi connectivity index (χ2v) is 5.49. The number of esters is 1. The van der Waals surface area contributed by atoms with E-state index < -0.39 is 5.97 Å². The van der Waals surface area contributed by atoms with E-state index in [0.717, 1.165) is 16.9 Å². The maximum atomic E-state index is 12.2. The molecule has 1 heterocycles. The number of ether oxygens (including phenoxy) is 1. The lowest BCUT2D eigenvalue weighted by Crippen LogP contribution is -2.33. The number of amides is 2. The molecule has 5 heteroatoms. The van der Waals surface area contributed by atoms with E-state index in [9.17, 15) is 14.4 Å². The van der Waals surface area contributed by atoms with E-state index in [4.69, 9.17) is 4.74 Å². The summed E-state index contributed by atoms with van der Waals surface area (Å²) in [4.78, 5) is 37.5. The average Bonchev–Trinajstić information content (AvgIpc) is 2.87. The van der Waals surface area contributed by atoms with Gasteiger partial charge in [0.15, 0.2) is 0 Å². The quantitative estimate of drug-likeness (QED) is 0.627. The first kappa shape index (κ1) is 15.9. The highest BCUT2D eigenvalue weighted by molar-refractivity contribution is 6.21. The number of rotatable bonds is 5. The summed E-state index contributed by atoms with van der Waals surface area (Å²) in [6.45, 7) is 2.06. The maximum Gasteiger partial charge on any atom is 0.338 e. The Balaban J connectivity index is 1.58. The zero-order valence-electron chi connectivity index (χ0n) is 13.3. The zero-order valence-corrected chi connectivity index (χ0v) is 13.3. The van der Waals surface area contributed by atoms with E-state index in [2.05, 4.69) is 0 Å². The molecular weight excluding hydrogens is 306 g/mol. The van der Waals surface area contributed by atoms with Crippen molar-refractivity contribution in [2.24, 2.45) is 0 Å². The fourth-order valence-corrected chi connectivity index (χ4v) is 2.63. The number of nitrogens with zero attached hydrogens (tertiary/aromatic N) is 1. The van der Waals surface area contributed by atoms with Crippen molar-refractivity contribution in [3.8, 4) is 0 Å². The van der Waals surface area contributed by atoms with E-state index in [1.807, 2.05) is 19.1 Å². The Morgan fingerprint density at radius 3 is 2.08 bits per heavy atom. The van der Waals surface area contributed by atoms with E-state index in [1.165, 1.54) is 0 Å². The minimum Gasteiger partial charge on any atom is -0.460 e. The van der Waals surface area contributed by atoms with Crippen LogP contribution in [0.4, 0.5) is 0 Å². The van der Waals surface area contributed by atoms with Crippen LogP contribution in [0.1, 0.15) is 43.6 Å². The number of imide groups is 1. The molecule has 0 bridgehead atoms. The first-order valence-electron chi connectivity index (χ1n) is 7.83. The summed E-state index contributed by atoms with van der Waals surface area (Å²) in [7, 11) is 0. The van der Waals surface area contributed by atoms with Gasteiger partial charge in [-0.25, -0.2) is 4.79 Å². The van der Waals surface area contributed by atoms with Gasteiger partial charge in [-0.15, -0.1) is 0 Å². The van der Waals surface area contributed by atoms with Gasteiger partial charge in [0.05, 0.1) is 23.2 Å². The Morgan fingerprint density at radius 1 is 0.958 bits per heavy atom. The summed E-state index contributed by atoms with van der Waals surface area (Å²) in [5.41, 5.74) is 2.38. The number of benzene rings is 2. The molecule has 2 aromatic carbocycles. The van der Waals surface area contributed by atoms with E-state index in [-0.39, 0.29) is 25.0 Å². The third kappa shape index (κ3) is 2.93. The molecule has 1 aliphatic heterocycles. The third-order valence-corrected chi connectivity index (χ3v) is 4.02. The minimum absolute atomic E-state index is 0.0279. The number of hydrogen-bond donors (Lipinski definition) is 0. The van der Waals surface area contributed by atoms with Crippen LogP contribution in [0.3, 0.4) is 0 Å². The van der Waals surface area contributed by atoms with Crippen molar-refractivity contribution >= 4 is 17.8 Å². The lowest BCUT2D eigenvalue weighted by atomic mass is 10.1. The Labute approximate surface area is 139 Å². The van der Waals surface area contributed by atoms with Gasteiger partial charge in [0.25, 0.3) is 11.8 Å². The molecule has 0 N–H and O–H groups in total. The largest absolute Gasteiger partial charge is 0.460 e. The average molecular weight is 323 g/mol. The fraction of sp³-hybridized carbons (Fsp3) is 0.211. The van der Waals surface area contributed by atoms with Crippen molar-refractivity contribution in [3.63, 3.8) is 0 Å². The summed E-state index contributed by atoms with van der Waals surface area (Å²) in [5, 5.41) is 0. The van der Waals surface area contributed by atoms with Crippen molar-refractivity contribution in [3.05, 3.63) is 70.8 Å². The van der Waals surface area contributed by atoms with Gasteiger partial charge in [0, 0.05) is 0 Å². The number of hydrogen-bond acceptors (Lipinski definition) is 4. The molecule has 1 aliphatic rings. The molecule has 0 aromatic heterocycles. The molecule has 0 radical (unpaired) electrons. The first-order chi connectivity index (χ1) is 11.6. The lowest BCUT2D eigenvalue weighted by molar-refractivity contribution is 0.0420. The molecule has 122 valence electrons. The summed E-state index contributed by atoms with van der Waals surface area (Å²) in [6, 6.07) is 13.8. The molecule has 0 aliphatic carbocycles. The molecular formula is C19H17NO4. The highest BCUT2D eigenvalue weighted by Crippen LogP contribution is 2.21. The van der Waals surface area contributed by atoms with Crippen molar-refractivity contribution in [2.45, 2.75) is 13.3 Å². The predicted octanol–water partition coefficient (Wildman–Crippen LogP) is 2.70. The second-order valence-electron chi connectivity index (χ2n) is 5.49. The van der Waals surface area contributed by atoms with Gasteiger partial charge in [-0.3, -0.25) is 14.5 Å². The van der Waals surface area contributed by atoms with E-state index in [1.54, 1.807) is 36.4 Å². The molecule has 0 saturated heterocycles. The molecule has 0 unspecified atom stereocenters. The Bertz CT molecular complexity index is 760. The van der Waals surface area contributed by atoms with Crippen molar-refractivity contribution < 1.29 is 19.1 Å². The Kier molecular flexibility index (Phi) is 4.42. The van der Waals surface area contributed by atoms with Crippen LogP contribution in [0.15, 0.2) is 48.5 Å². The van der Waals surface area contributed by atoms with Gasteiger partial charge in [0.2, 0.25) is 0 Å². The summed E-state index contributed by atoms with van der Waals surface area (Å²) in [5.74, 6) is -1.16. The zero-order chi connectivity index (χ0) is 17.1. The monoisotopic (exact) mass is 323 g/mol. The van der Waals surface area contributed by atoms with Crippen LogP contribution in [0.2, 0.25) is 0 Å². The van der Waals surface area contributed by atoms with Gasteiger partial charge >= 0.3 is 5.97 Å². The maximum absolute atomic E-state index is 12.2. The van der Waals surface area contributed by atoms with Crippen LogP contribution >= 0.6 is 0 Å². The molecule has 0 fully saturated rings. The molecule has 2 amide bonds. The standard InChI is InChI=1S/C19H17NO4/c1-2-13-7-9-14(10-8-13)19(23)24-12-11-20-17(21)15-5-3-4-6-16(15)18(20)22/h3-10H,2,11-12H2,1H3. The Morgan fingerprint density at radius 2 is 1.54 bits per heavy atom. The van der Waals surface area contributed by atoms with Crippen LogP contribution in [-0.4, -0.2) is 35.8 Å². The normalized spacial score (nSPS) is 13.1. The van der Waals surface area contributed by atoms with Gasteiger partial charge < -0.3 is 4.74 Å². The molecule has 5 nitrogen and oxygen atoms in total. The highest BCUT2D eigenvalue weighted by atomic mass is 16.5. The first-order valence-corrected chi connectivity index (χ1v) is 7.83. The van der Waals surface area contributed by atoms with Crippen LogP contribution < -0.4 is 0 Å². The van der Waals surface area contributed by atoms with Gasteiger partial charge in [0.1, 0.15) is 6.61 Å². The number of carbonyl (C=O) groups excluding carboxylic acids is 3. The predicted molar refractivity (Wildman–Crippen MR) is 87.9 cm³/mol. The molecule has 0 atom stereocenters. The van der Waals surface area contributed by atoms with E-state index in [0.29, 0.717) is 16.7 Å². The van der Waals surface area contributed by atoms with Crippen molar-refractivity contribution in [1.29, 1.82) is 0 Å². The third-order valence-electron chi connectivity index (χ3n) is 4.02. The summed E-state index contributed by atoms with van der Waals surface area (Å²) < 4.78 is 5.17. The number of fused-ring (bicyclic) bond motifs is 1. The summed E-state index contributed by atoms with van der Waals surface area (Å²) in [6.07, 6.45) is 0.898. The number of aryl methyl sites for hydroxylation is 1. The van der Waals surface area contributed by atoms with Crippen LogP contribution in [0, 0.1) is 0 Å². The van der Waals surface area contributed by atoms with Gasteiger partial charge in [-0.1, -0.05) is 31.2 Å². The van der Waals surface area contributed by atoms with Crippen molar-refractivity contribution in [1.82, 2.24) is 4.90 Å². The minimum atomic E-state index is -0.464. The molecule has 0 saturated carbocycles. The molecule has 0 spiro atoms. The molecule has 3 rings (SSSR count). The topological polar surface area (TPSA) is 63.7 Å². The SMILES string of the molecule is CCc1ccc(C(=O)OCCN2C(=O)c3ccccc3C2=O)cc1. The second kappa shape index (κ2) is 6.66. The van der Waals surface area contributed by atoms with Crippen LogP contribution in [0.5, 0.6) is 0 Å². The Hall–Kier alpha value is -2.95. The van der Waals surface area contributed by atoms with Gasteiger partial charge in [-0.05, 0) is 36.2 Å². The van der Waals surface area contributed by atoms with Crippen molar-refractivity contribution in [2.75, 3.05) is 13.2 Å².